The molecule has 0 aliphatic carbocycles. The summed E-state index contributed by atoms with van der Waals surface area (Å²) in [6, 6.07) is 8.25. The van der Waals surface area contributed by atoms with Gasteiger partial charge in [0.05, 0.1) is 5.75 Å². The average Bonchev–Trinajstić information content (AvgIpc) is 2.34. The average molecular weight is 289 g/mol. The highest BCUT2D eigenvalue weighted by atomic mass is 35.5. The van der Waals surface area contributed by atoms with Crippen LogP contribution in [0.5, 0.6) is 0 Å². The van der Waals surface area contributed by atoms with Crippen molar-refractivity contribution in [3.63, 3.8) is 0 Å². The molecule has 102 valence electrons. The Morgan fingerprint density at radius 1 is 1.33 bits per heavy atom. The summed E-state index contributed by atoms with van der Waals surface area (Å²) in [4.78, 5) is 14.7. The van der Waals surface area contributed by atoms with Gasteiger partial charge in [0, 0.05) is 25.0 Å². The number of hydrogen-bond acceptors (Lipinski definition) is 3. The minimum atomic E-state index is 0. The lowest BCUT2D eigenvalue weighted by molar-refractivity contribution is -0.127. The zero-order chi connectivity index (χ0) is 12.7. The van der Waals surface area contributed by atoms with Crippen molar-refractivity contribution in [3.8, 4) is 0 Å². The van der Waals surface area contributed by atoms with Crippen molar-refractivity contribution in [2.45, 2.75) is 11.8 Å². The topological polar surface area (TPSA) is 32.3 Å². The van der Waals surface area contributed by atoms with Gasteiger partial charge in [0.1, 0.15) is 0 Å². The van der Waals surface area contributed by atoms with Crippen LogP contribution >= 0.6 is 24.2 Å². The molecule has 3 nitrogen and oxygen atoms in total. The van der Waals surface area contributed by atoms with Crippen molar-refractivity contribution in [3.05, 3.63) is 29.8 Å². The van der Waals surface area contributed by atoms with Crippen molar-refractivity contribution in [2.75, 3.05) is 32.9 Å². The van der Waals surface area contributed by atoms with Gasteiger partial charge in [0.2, 0.25) is 5.91 Å². The highest BCUT2D eigenvalue weighted by Gasteiger charge is 2.08. The van der Waals surface area contributed by atoms with E-state index in [1.807, 2.05) is 14.1 Å². The number of carbonyl (C=O) groups is 1. The molecule has 1 rings (SSSR count). The summed E-state index contributed by atoms with van der Waals surface area (Å²) in [7, 11) is 3.73. The molecular weight excluding hydrogens is 268 g/mol. The van der Waals surface area contributed by atoms with E-state index in [2.05, 4.69) is 36.5 Å². The SMILES string of the molecule is CNCCN(C)C(=O)CSc1ccc(C)cc1.Cl. The summed E-state index contributed by atoms with van der Waals surface area (Å²) >= 11 is 1.59. The van der Waals surface area contributed by atoms with E-state index in [1.165, 1.54) is 5.56 Å². The fourth-order valence-electron chi connectivity index (χ4n) is 1.29. The molecule has 0 saturated carbocycles. The summed E-state index contributed by atoms with van der Waals surface area (Å²) in [6.45, 7) is 3.65. The van der Waals surface area contributed by atoms with Crippen LogP contribution in [0.25, 0.3) is 0 Å². The van der Waals surface area contributed by atoms with Gasteiger partial charge in [-0.15, -0.1) is 24.2 Å². The molecule has 0 aliphatic heterocycles. The second-order valence-corrected chi connectivity index (χ2v) is 5.07. The van der Waals surface area contributed by atoms with Crippen LogP contribution in [-0.2, 0) is 4.79 Å². The quantitative estimate of drug-likeness (QED) is 0.815. The lowest BCUT2D eigenvalue weighted by Crippen LogP contribution is -2.33. The van der Waals surface area contributed by atoms with Crippen LogP contribution in [0.15, 0.2) is 29.2 Å². The first kappa shape index (κ1) is 17.3. The lowest BCUT2D eigenvalue weighted by Gasteiger charge is -2.16. The molecule has 0 atom stereocenters. The fraction of sp³-hybridized carbons (Fsp3) is 0.462. The molecule has 0 aromatic heterocycles. The Hall–Kier alpha value is -0.710. The first-order chi connectivity index (χ1) is 8.13. The molecule has 0 aliphatic rings. The van der Waals surface area contributed by atoms with Crippen molar-refractivity contribution in [2.24, 2.45) is 0 Å². The number of aryl methyl sites for hydroxylation is 1. The van der Waals surface area contributed by atoms with E-state index < -0.39 is 0 Å². The summed E-state index contributed by atoms with van der Waals surface area (Å²) < 4.78 is 0. The van der Waals surface area contributed by atoms with Crippen LogP contribution in [0.1, 0.15) is 5.56 Å². The first-order valence-electron chi connectivity index (χ1n) is 5.71. The molecule has 0 fully saturated rings. The molecule has 0 bridgehead atoms. The first-order valence-corrected chi connectivity index (χ1v) is 6.70. The van der Waals surface area contributed by atoms with Crippen LogP contribution < -0.4 is 5.32 Å². The number of carbonyl (C=O) groups excluding carboxylic acids is 1. The van der Waals surface area contributed by atoms with Crippen LogP contribution in [0.4, 0.5) is 0 Å². The van der Waals surface area contributed by atoms with Gasteiger partial charge in [-0.2, -0.15) is 0 Å². The molecule has 0 radical (unpaired) electrons. The van der Waals surface area contributed by atoms with Gasteiger partial charge >= 0.3 is 0 Å². The Morgan fingerprint density at radius 3 is 2.50 bits per heavy atom. The third kappa shape index (κ3) is 6.28. The van der Waals surface area contributed by atoms with E-state index in [1.54, 1.807) is 16.7 Å². The van der Waals surface area contributed by atoms with E-state index >= 15 is 0 Å². The second kappa shape index (κ2) is 9.25. The molecule has 1 aromatic rings. The van der Waals surface area contributed by atoms with E-state index in [0.717, 1.165) is 18.0 Å². The molecule has 0 heterocycles. The maximum atomic E-state index is 11.8. The summed E-state index contributed by atoms with van der Waals surface area (Å²) in [5.74, 6) is 0.675. The minimum Gasteiger partial charge on any atom is -0.344 e. The number of amides is 1. The van der Waals surface area contributed by atoms with E-state index in [0.29, 0.717) is 5.75 Å². The molecule has 0 saturated heterocycles. The number of benzene rings is 1. The van der Waals surface area contributed by atoms with Crippen molar-refractivity contribution in [1.29, 1.82) is 0 Å². The number of halogens is 1. The van der Waals surface area contributed by atoms with Crippen molar-refractivity contribution >= 4 is 30.1 Å². The zero-order valence-corrected chi connectivity index (χ0v) is 12.7. The Morgan fingerprint density at radius 2 is 1.94 bits per heavy atom. The molecular formula is C13H21ClN2OS. The van der Waals surface area contributed by atoms with Gasteiger partial charge in [-0.05, 0) is 26.1 Å². The van der Waals surface area contributed by atoms with Crippen LogP contribution in [0, 0.1) is 6.92 Å². The van der Waals surface area contributed by atoms with E-state index in [-0.39, 0.29) is 18.3 Å². The maximum absolute atomic E-state index is 11.8. The summed E-state index contributed by atoms with van der Waals surface area (Å²) in [5, 5.41) is 3.03. The number of rotatable bonds is 6. The third-order valence-corrected chi connectivity index (χ3v) is 3.50. The van der Waals surface area contributed by atoms with E-state index in [9.17, 15) is 4.79 Å². The van der Waals surface area contributed by atoms with Crippen LogP contribution in [-0.4, -0.2) is 43.7 Å². The van der Waals surface area contributed by atoms with Gasteiger partial charge in [-0.1, -0.05) is 17.7 Å². The predicted octanol–water partition coefficient (Wildman–Crippen LogP) is 2.19. The number of nitrogens with zero attached hydrogens (tertiary/aromatic N) is 1. The van der Waals surface area contributed by atoms with Gasteiger partial charge in [0.15, 0.2) is 0 Å². The van der Waals surface area contributed by atoms with Crippen LogP contribution in [0.2, 0.25) is 0 Å². The monoisotopic (exact) mass is 288 g/mol. The molecule has 5 heteroatoms. The number of likely N-dealkylation sites (N-methyl/N-ethyl adjacent to an activating group) is 2. The fourth-order valence-corrected chi connectivity index (χ4v) is 2.13. The Labute approximate surface area is 120 Å². The van der Waals surface area contributed by atoms with Gasteiger partial charge in [-0.25, -0.2) is 0 Å². The van der Waals surface area contributed by atoms with Crippen LogP contribution in [0.3, 0.4) is 0 Å². The molecule has 0 unspecified atom stereocenters. The Balaban J connectivity index is 0.00000289. The van der Waals surface area contributed by atoms with Gasteiger partial charge in [0.25, 0.3) is 0 Å². The molecule has 1 N–H and O–H groups in total. The molecule has 1 aromatic carbocycles. The van der Waals surface area contributed by atoms with E-state index in [4.69, 9.17) is 0 Å². The van der Waals surface area contributed by atoms with Gasteiger partial charge < -0.3 is 10.2 Å². The summed E-state index contributed by atoms with van der Waals surface area (Å²) in [6.07, 6.45) is 0. The van der Waals surface area contributed by atoms with Crippen molar-refractivity contribution < 1.29 is 4.79 Å². The number of nitrogens with one attached hydrogen (secondary N) is 1. The zero-order valence-electron chi connectivity index (χ0n) is 11.1. The second-order valence-electron chi connectivity index (χ2n) is 4.02. The smallest absolute Gasteiger partial charge is 0.232 e. The maximum Gasteiger partial charge on any atom is 0.232 e. The normalized spacial score (nSPS) is 9.72. The Bertz CT molecular complexity index is 357. The number of hydrogen-bond donors (Lipinski definition) is 1. The highest BCUT2D eigenvalue weighted by molar-refractivity contribution is 8.00. The Kier molecular flexibility index (Phi) is 8.89. The number of thioether (sulfide) groups is 1. The van der Waals surface area contributed by atoms with Crippen molar-refractivity contribution in [1.82, 2.24) is 10.2 Å². The molecule has 0 spiro atoms. The predicted molar refractivity (Wildman–Crippen MR) is 80.7 cm³/mol. The summed E-state index contributed by atoms with van der Waals surface area (Å²) in [5.41, 5.74) is 1.24. The molecule has 1 amide bonds. The molecule has 18 heavy (non-hydrogen) atoms. The van der Waals surface area contributed by atoms with Gasteiger partial charge in [-0.3, -0.25) is 4.79 Å². The highest BCUT2D eigenvalue weighted by Crippen LogP contribution is 2.18. The minimum absolute atomic E-state index is 0. The standard InChI is InChI=1S/C13H20N2OS.ClH/c1-11-4-6-12(7-5-11)17-10-13(16)15(3)9-8-14-2;/h4-7,14H,8-10H2,1-3H3;1H. The third-order valence-electron chi connectivity index (χ3n) is 2.51. The lowest BCUT2D eigenvalue weighted by atomic mass is 10.2. The largest absolute Gasteiger partial charge is 0.344 e.